The van der Waals surface area contributed by atoms with Crippen molar-refractivity contribution in [2.75, 3.05) is 0 Å². The van der Waals surface area contributed by atoms with E-state index in [2.05, 4.69) is 4.74 Å². The molecule has 0 radical (unpaired) electrons. The molecule has 0 amide bonds. The van der Waals surface area contributed by atoms with Gasteiger partial charge in [0.15, 0.2) is 0 Å². The molecule has 1 aromatic carbocycles. The van der Waals surface area contributed by atoms with Crippen LogP contribution in [0, 0.1) is 5.92 Å². The number of para-hydroxylation sites is 1. The van der Waals surface area contributed by atoms with Crippen LogP contribution in [0.5, 0.6) is 5.75 Å². The molecule has 2 rings (SSSR count). The zero-order valence-electron chi connectivity index (χ0n) is 8.21. The molecular formula is C11H11F3O. The average molecular weight is 216 g/mol. The SMILES string of the molecule is CC1CC1c1ccccc1OC(F)(F)F. The molecule has 0 aliphatic heterocycles. The minimum Gasteiger partial charge on any atom is -0.405 e. The molecule has 0 heterocycles. The van der Waals surface area contributed by atoms with Crippen molar-refractivity contribution in [3.8, 4) is 5.75 Å². The van der Waals surface area contributed by atoms with Gasteiger partial charge in [0, 0.05) is 0 Å². The molecule has 4 heteroatoms. The number of hydrogen-bond donors (Lipinski definition) is 0. The van der Waals surface area contributed by atoms with Crippen LogP contribution in [0.25, 0.3) is 0 Å². The topological polar surface area (TPSA) is 9.23 Å². The van der Waals surface area contributed by atoms with Gasteiger partial charge in [0.05, 0.1) is 0 Å². The zero-order valence-corrected chi connectivity index (χ0v) is 8.21. The second-order valence-electron chi connectivity index (χ2n) is 3.91. The van der Waals surface area contributed by atoms with Gasteiger partial charge in [-0.3, -0.25) is 0 Å². The Morgan fingerprint density at radius 1 is 1.27 bits per heavy atom. The van der Waals surface area contributed by atoms with Gasteiger partial charge in [0.2, 0.25) is 0 Å². The first-order chi connectivity index (χ1) is 6.97. The molecule has 0 aromatic heterocycles. The van der Waals surface area contributed by atoms with Gasteiger partial charge in [-0.1, -0.05) is 25.1 Å². The van der Waals surface area contributed by atoms with Gasteiger partial charge >= 0.3 is 6.36 Å². The number of ether oxygens (including phenoxy) is 1. The van der Waals surface area contributed by atoms with Crippen molar-refractivity contribution < 1.29 is 17.9 Å². The van der Waals surface area contributed by atoms with E-state index in [4.69, 9.17) is 0 Å². The van der Waals surface area contributed by atoms with E-state index in [0.717, 1.165) is 6.42 Å². The highest BCUT2D eigenvalue weighted by Gasteiger charge is 2.38. The summed E-state index contributed by atoms with van der Waals surface area (Å²) in [7, 11) is 0. The van der Waals surface area contributed by atoms with Crippen molar-refractivity contribution in [2.24, 2.45) is 5.92 Å². The summed E-state index contributed by atoms with van der Waals surface area (Å²) in [5, 5.41) is 0. The van der Waals surface area contributed by atoms with Crippen molar-refractivity contribution in [1.82, 2.24) is 0 Å². The van der Waals surface area contributed by atoms with Gasteiger partial charge in [-0.2, -0.15) is 0 Å². The summed E-state index contributed by atoms with van der Waals surface area (Å²) in [5.74, 6) is 0.630. The molecule has 1 aliphatic carbocycles. The summed E-state index contributed by atoms with van der Waals surface area (Å²) in [6, 6.07) is 6.37. The van der Waals surface area contributed by atoms with Crippen LogP contribution in [-0.4, -0.2) is 6.36 Å². The van der Waals surface area contributed by atoms with Crippen LogP contribution in [0.15, 0.2) is 24.3 Å². The number of benzene rings is 1. The first kappa shape index (κ1) is 10.3. The Kier molecular flexibility index (Phi) is 2.37. The minimum absolute atomic E-state index is 0.0562. The Labute approximate surface area is 85.9 Å². The molecule has 0 N–H and O–H groups in total. The molecule has 1 aromatic rings. The summed E-state index contributed by atoms with van der Waals surface area (Å²) in [4.78, 5) is 0. The molecule has 1 aliphatic rings. The Balaban J connectivity index is 2.23. The lowest BCUT2D eigenvalue weighted by atomic mass is 10.1. The highest BCUT2D eigenvalue weighted by atomic mass is 19.4. The largest absolute Gasteiger partial charge is 0.573 e. The normalized spacial score (nSPS) is 25.1. The number of rotatable bonds is 2. The fraction of sp³-hybridized carbons (Fsp3) is 0.455. The molecule has 0 saturated heterocycles. The van der Waals surface area contributed by atoms with Gasteiger partial charge < -0.3 is 4.74 Å². The predicted octanol–water partition coefficient (Wildman–Crippen LogP) is 3.71. The van der Waals surface area contributed by atoms with E-state index in [0.29, 0.717) is 11.5 Å². The van der Waals surface area contributed by atoms with Crippen molar-refractivity contribution >= 4 is 0 Å². The van der Waals surface area contributed by atoms with E-state index in [9.17, 15) is 13.2 Å². The molecule has 1 saturated carbocycles. The Morgan fingerprint density at radius 2 is 1.87 bits per heavy atom. The summed E-state index contributed by atoms with van der Waals surface area (Å²) >= 11 is 0. The second-order valence-corrected chi connectivity index (χ2v) is 3.91. The Hall–Kier alpha value is -1.19. The maximum atomic E-state index is 12.1. The van der Waals surface area contributed by atoms with E-state index >= 15 is 0 Å². The summed E-state index contributed by atoms with van der Waals surface area (Å²) in [6.45, 7) is 2.02. The Bertz CT molecular complexity index is 359. The summed E-state index contributed by atoms with van der Waals surface area (Å²) < 4.78 is 40.2. The van der Waals surface area contributed by atoms with Crippen LogP contribution in [0.1, 0.15) is 24.8 Å². The number of hydrogen-bond acceptors (Lipinski definition) is 1. The average Bonchev–Trinajstić information content (AvgIpc) is 2.80. The van der Waals surface area contributed by atoms with Crippen LogP contribution < -0.4 is 4.74 Å². The van der Waals surface area contributed by atoms with Crippen LogP contribution in [0.3, 0.4) is 0 Å². The van der Waals surface area contributed by atoms with Gasteiger partial charge in [0.1, 0.15) is 5.75 Å². The zero-order chi connectivity index (χ0) is 11.1. The maximum Gasteiger partial charge on any atom is 0.573 e. The van der Waals surface area contributed by atoms with Crippen molar-refractivity contribution in [3.05, 3.63) is 29.8 Å². The third kappa shape index (κ3) is 2.43. The van der Waals surface area contributed by atoms with E-state index in [1.807, 2.05) is 6.92 Å². The molecule has 2 unspecified atom stereocenters. The van der Waals surface area contributed by atoms with Crippen molar-refractivity contribution in [2.45, 2.75) is 25.6 Å². The smallest absolute Gasteiger partial charge is 0.405 e. The first-order valence-electron chi connectivity index (χ1n) is 4.82. The quantitative estimate of drug-likeness (QED) is 0.732. The lowest BCUT2D eigenvalue weighted by Crippen LogP contribution is -2.18. The summed E-state index contributed by atoms with van der Waals surface area (Å²) in [5.41, 5.74) is 0.669. The van der Waals surface area contributed by atoms with E-state index in [1.54, 1.807) is 18.2 Å². The van der Waals surface area contributed by atoms with Gasteiger partial charge in [-0.05, 0) is 29.9 Å². The second kappa shape index (κ2) is 3.43. The van der Waals surface area contributed by atoms with Gasteiger partial charge in [-0.15, -0.1) is 13.2 Å². The molecular weight excluding hydrogens is 205 g/mol. The lowest BCUT2D eigenvalue weighted by Gasteiger charge is -2.12. The van der Waals surface area contributed by atoms with Gasteiger partial charge in [-0.25, -0.2) is 0 Å². The predicted molar refractivity (Wildman–Crippen MR) is 49.6 cm³/mol. The fourth-order valence-corrected chi connectivity index (χ4v) is 1.76. The van der Waals surface area contributed by atoms with Crippen LogP contribution in [0.2, 0.25) is 0 Å². The van der Waals surface area contributed by atoms with Gasteiger partial charge in [0.25, 0.3) is 0 Å². The molecule has 82 valence electrons. The third-order valence-electron chi connectivity index (χ3n) is 2.65. The Morgan fingerprint density at radius 3 is 2.40 bits per heavy atom. The van der Waals surface area contributed by atoms with Crippen molar-refractivity contribution in [1.29, 1.82) is 0 Å². The first-order valence-corrected chi connectivity index (χ1v) is 4.82. The maximum absolute atomic E-state index is 12.1. The van der Waals surface area contributed by atoms with E-state index < -0.39 is 6.36 Å². The number of alkyl halides is 3. The highest BCUT2D eigenvalue weighted by molar-refractivity contribution is 5.39. The standard InChI is InChI=1S/C11H11F3O/c1-7-6-9(7)8-4-2-3-5-10(8)15-11(12,13)14/h2-5,7,9H,6H2,1H3. The van der Waals surface area contributed by atoms with E-state index in [1.165, 1.54) is 6.07 Å². The molecule has 15 heavy (non-hydrogen) atoms. The summed E-state index contributed by atoms with van der Waals surface area (Å²) in [6.07, 6.45) is -3.66. The van der Waals surface area contributed by atoms with Crippen LogP contribution in [0.4, 0.5) is 13.2 Å². The van der Waals surface area contributed by atoms with E-state index in [-0.39, 0.29) is 11.7 Å². The fourth-order valence-electron chi connectivity index (χ4n) is 1.76. The van der Waals surface area contributed by atoms with Crippen LogP contribution >= 0.6 is 0 Å². The molecule has 1 nitrogen and oxygen atoms in total. The molecule has 1 fully saturated rings. The molecule has 0 bridgehead atoms. The van der Waals surface area contributed by atoms with Crippen LogP contribution in [-0.2, 0) is 0 Å². The molecule has 0 spiro atoms. The third-order valence-corrected chi connectivity index (χ3v) is 2.65. The molecule has 2 atom stereocenters. The minimum atomic E-state index is -4.60. The lowest BCUT2D eigenvalue weighted by molar-refractivity contribution is -0.274. The monoisotopic (exact) mass is 216 g/mol. The number of halogens is 3. The highest BCUT2D eigenvalue weighted by Crippen LogP contribution is 2.50. The van der Waals surface area contributed by atoms with Crippen molar-refractivity contribution in [3.63, 3.8) is 0 Å².